The quantitative estimate of drug-likeness (QED) is 0.905. The molecule has 1 aromatic heterocycles. The number of piperidine rings is 1. The second-order valence-electron chi connectivity index (χ2n) is 6.30. The van der Waals surface area contributed by atoms with Gasteiger partial charge in [-0.2, -0.15) is 0 Å². The molecule has 1 aromatic carbocycles. The van der Waals surface area contributed by atoms with Crippen LogP contribution in [-0.2, 0) is 6.42 Å². The van der Waals surface area contributed by atoms with E-state index in [1.807, 2.05) is 17.0 Å². The van der Waals surface area contributed by atoms with Crippen molar-refractivity contribution in [3.05, 3.63) is 53.7 Å². The maximum Gasteiger partial charge on any atom is 0.272 e. The van der Waals surface area contributed by atoms with Crippen molar-refractivity contribution in [2.45, 2.75) is 38.1 Å². The molecule has 1 saturated heterocycles. The first-order valence-electron chi connectivity index (χ1n) is 8.45. The van der Waals surface area contributed by atoms with Gasteiger partial charge in [0.1, 0.15) is 17.3 Å². The summed E-state index contributed by atoms with van der Waals surface area (Å²) in [6, 6.07) is 12.7. The Morgan fingerprint density at radius 2 is 2.08 bits per heavy atom. The van der Waals surface area contributed by atoms with Gasteiger partial charge in [0.05, 0.1) is 0 Å². The molecule has 5 nitrogen and oxygen atoms in total. The number of nitrogens with two attached hydrogens (primary N) is 1. The Bertz CT molecular complexity index is 717. The van der Waals surface area contributed by atoms with Crippen LogP contribution in [0.5, 0.6) is 5.75 Å². The smallest absolute Gasteiger partial charge is 0.272 e. The second-order valence-corrected chi connectivity index (χ2v) is 6.30. The van der Waals surface area contributed by atoms with Gasteiger partial charge in [0.25, 0.3) is 5.91 Å². The molecule has 0 aliphatic carbocycles. The van der Waals surface area contributed by atoms with E-state index in [2.05, 4.69) is 4.98 Å². The number of aryl methyl sites for hydroxylation is 1. The number of nitrogen functional groups attached to an aromatic ring is 1. The van der Waals surface area contributed by atoms with Crippen molar-refractivity contribution in [2.75, 3.05) is 12.3 Å². The molecule has 5 heteroatoms. The average Bonchev–Trinajstić information content (AvgIpc) is 2.60. The number of aromatic nitrogens is 1. The Balaban J connectivity index is 1.70. The van der Waals surface area contributed by atoms with Gasteiger partial charge in [-0.1, -0.05) is 18.2 Å². The number of hydrogen-bond donors (Lipinski definition) is 2. The molecule has 2 aromatic rings. The van der Waals surface area contributed by atoms with Crippen molar-refractivity contribution >= 4 is 11.7 Å². The molecule has 24 heavy (non-hydrogen) atoms. The number of nitrogens with zero attached hydrogens (tertiary/aromatic N) is 2. The standard InChI is InChI=1S/C19H23N3O2/c20-18-9-4-8-17(21-18)19(24)22-12-2-1-6-15(22)11-10-14-5-3-7-16(23)13-14/h3-5,7-9,13,15,23H,1-2,6,10-12H2,(H2,20,21)/t15-/m1/s1. The summed E-state index contributed by atoms with van der Waals surface area (Å²) in [5.74, 6) is 0.616. The molecule has 3 N–H and O–H groups in total. The van der Waals surface area contributed by atoms with Crippen molar-refractivity contribution in [2.24, 2.45) is 0 Å². The zero-order chi connectivity index (χ0) is 16.9. The first kappa shape index (κ1) is 16.3. The van der Waals surface area contributed by atoms with E-state index in [9.17, 15) is 9.90 Å². The molecular formula is C19H23N3O2. The van der Waals surface area contributed by atoms with Crippen LogP contribution in [0.3, 0.4) is 0 Å². The first-order chi connectivity index (χ1) is 11.6. The zero-order valence-electron chi connectivity index (χ0n) is 13.7. The summed E-state index contributed by atoms with van der Waals surface area (Å²) in [5.41, 5.74) is 7.21. The van der Waals surface area contributed by atoms with Crippen LogP contribution in [0.2, 0.25) is 0 Å². The van der Waals surface area contributed by atoms with Crippen LogP contribution in [0, 0.1) is 0 Å². The summed E-state index contributed by atoms with van der Waals surface area (Å²) in [7, 11) is 0. The number of amides is 1. The van der Waals surface area contributed by atoms with E-state index in [-0.39, 0.29) is 17.7 Å². The fraction of sp³-hybridized carbons (Fsp3) is 0.368. The Hall–Kier alpha value is -2.56. The summed E-state index contributed by atoms with van der Waals surface area (Å²) in [5, 5.41) is 9.58. The lowest BCUT2D eigenvalue weighted by atomic mass is 9.95. The van der Waals surface area contributed by atoms with E-state index in [0.717, 1.165) is 44.2 Å². The lowest BCUT2D eigenvalue weighted by Crippen LogP contribution is -2.44. The first-order valence-corrected chi connectivity index (χ1v) is 8.45. The molecule has 1 amide bonds. The highest BCUT2D eigenvalue weighted by Crippen LogP contribution is 2.24. The third-order valence-electron chi connectivity index (χ3n) is 4.55. The number of rotatable bonds is 4. The van der Waals surface area contributed by atoms with Crippen molar-refractivity contribution in [3.8, 4) is 5.75 Å². The minimum Gasteiger partial charge on any atom is -0.508 e. The number of phenols is 1. The van der Waals surface area contributed by atoms with Gasteiger partial charge in [0.2, 0.25) is 0 Å². The summed E-state index contributed by atoms with van der Waals surface area (Å²) >= 11 is 0. The van der Waals surface area contributed by atoms with Gasteiger partial charge < -0.3 is 15.7 Å². The molecule has 0 unspecified atom stereocenters. The van der Waals surface area contributed by atoms with Crippen molar-refractivity contribution < 1.29 is 9.90 Å². The monoisotopic (exact) mass is 325 g/mol. The lowest BCUT2D eigenvalue weighted by Gasteiger charge is -2.35. The number of anilines is 1. The molecule has 0 saturated carbocycles. The van der Waals surface area contributed by atoms with E-state index >= 15 is 0 Å². The Morgan fingerprint density at radius 3 is 2.88 bits per heavy atom. The van der Waals surface area contributed by atoms with Crippen molar-refractivity contribution in [1.29, 1.82) is 0 Å². The minimum atomic E-state index is -0.0390. The lowest BCUT2D eigenvalue weighted by molar-refractivity contribution is 0.0596. The predicted octanol–water partition coefficient (Wildman–Crippen LogP) is 3.00. The van der Waals surface area contributed by atoms with Gasteiger partial charge >= 0.3 is 0 Å². The van der Waals surface area contributed by atoms with E-state index < -0.39 is 0 Å². The fourth-order valence-electron chi connectivity index (χ4n) is 3.33. The molecule has 0 radical (unpaired) electrons. The number of carbonyl (C=O) groups excluding carboxylic acids is 1. The molecule has 1 fully saturated rings. The van der Waals surface area contributed by atoms with Crippen LogP contribution >= 0.6 is 0 Å². The van der Waals surface area contributed by atoms with E-state index in [1.54, 1.807) is 30.3 Å². The van der Waals surface area contributed by atoms with Gasteiger partial charge in [0.15, 0.2) is 0 Å². The number of hydrogen-bond acceptors (Lipinski definition) is 4. The number of carbonyl (C=O) groups is 1. The summed E-state index contributed by atoms with van der Waals surface area (Å²) in [6.07, 6.45) is 4.90. The molecule has 2 heterocycles. The van der Waals surface area contributed by atoms with Gasteiger partial charge in [0, 0.05) is 12.6 Å². The van der Waals surface area contributed by atoms with Crippen LogP contribution in [-0.4, -0.2) is 33.5 Å². The molecule has 0 spiro atoms. The number of benzene rings is 1. The number of likely N-dealkylation sites (tertiary alicyclic amines) is 1. The average molecular weight is 325 g/mol. The van der Waals surface area contributed by atoms with Crippen LogP contribution in [0.15, 0.2) is 42.5 Å². The molecule has 1 atom stereocenters. The normalized spacial score (nSPS) is 17.7. The van der Waals surface area contributed by atoms with E-state index in [0.29, 0.717) is 11.5 Å². The van der Waals surface area contributed by atoms with E-state index in [4.69, 9.17) is 5.73 Å². The molecule has 3 rings (SSSR count). The number of pyridine rings is 1. The second kappa shape index (κ2) is 7.34. The fourth-order valence-corrected chi connectivity index (χ4v) is 3.33. The van der Waals surface area contributed by atoms with Gasteiger partial charge in [-0.05, 0) is 61.9 Å². The molecule has 126 valence electrons. The molecule has 1 aliphatic heterocycles. The third kappa shape index (κ3) is 3.85. The van der Waals surface area contributed by atoms with Crippen LogP contribution in [0.25, 0.3) is 0 Å². The largest absolute Gasteiger partial charge is 0.508 e. The zero-order valence-corrected chi connectivity index (χ0v) is 13.7. The SMILES string of the molecule is Nc1cccc(C(=O)N2CCCC[C@@H]2CCc2cccc(O)c2)n1. The van der Waals surface area contributed by atoms with Crippen molar-refractivity contribution in [1.82, 2.24) is 9.88 Å². The van der Waals surface area contributed by atoms with E-state index in [1.165, 1.54) is 0 Å². The summed E-state index contributed by atoms with van der Waals surface area (Å²) in [6.45, 7) is 0.764. The van der Waals surface area contributed by atoms with Crippen LogP contribution in [0.4, 0.5) is 5.82 Å². The van der Waals surface area contributed by atoms with Gasteiger partial charge in [-0.25, -0.2) is 4.98 Å². The van der Waals surface area contributed by atoms with Crippen LogP contribution in [0.1, 0.15) is 41.7 Å². The molecule has 1 aliphatic rings. The van der Waals surface area contributed by atoms with Crippen LogP contribution < -0.4 is 5.73 Å². The highest BCUT2D eigenvalue weighted by molar-refractivity contribution is 5.92. The molecular weight excluding hydrogens is 302 g/mol. The van der Waals surface area contributed by atoms with Crippen molar-refractivity contribution in [3.63, 3.8) is 0 Å². The minimum absolute atomic E-state index is 0.0390. The highest BCUT2D eigenvalue weighted by atomic mass is 16.3. The Kier molecular flexibility index (Phi) is 4.99. The topological polar surface area (TPSA) is 79.5 Å². The maximum atomic E-state index is 12.8. The maximum absolute atomic E-state index is 12.8. The predicted molar refractivity (Wildman–Crippen MR) is 93.8 cm³/mol. The highest BCUT2D eigenvalue weighted by Gasteiger charge is 2.28. The summed E-state index contributed by atoms with van der Waals surface area (Å²) < 4.78 is 0. The number of phenolic OH excluding ortho intramolecular Hbond substituents is 1. The Labute approximate surface area is 142 Å². The van der Waals surface area contributed by atoms with Gasteiger partial charge in [-0.3, -0.25) is 4.79 Å². The Morgan fingerprint density at radius 1 is 1.25 bits per heavy atom. The molecule has 0 bridgehead atoms. The third-order valence-corrected chi connectivity index (χ3v) is 4.55. The number of aromatic hydroxyl groups is 1. The summed E-state index contributed by atoms with van der Waals surface area (Å²) in [4.78, 5) is 18.9. The van der Waals surface area contributed by atoms with Gasteiger partial charge in [-0.15, -0.1) is 0 Å².